The molecule has 6 nitrogen and oxygen atoms in total. The minimum absolute atomic E-state index is 0.0237. The number of hydrogen-bond donors (Lipinski definition) is 0. The fourth-order valence-electron chi connectivity index (χ4n) is 3.62. The standard InChI is InChI=1S/C14H22N2O4/c1-18-13(17)12-11-5-3-2-4-6-14(11,20-15-12)16-7-9-19-10-8-16/h11H,2-10H2,1H3/t11-,14-/m0/s1. The van der Waals surface area contributed by atoms with Crippen LogP contribution in [0.2, 0.25) is 0 Å². The number of carbonyl (C=O) groups excluding carboxylic acids is 1. The highest BCUT2D eigenvalue weighted by atomic mass is 16.7. The van der Waals surface area contributed by atoms with Gasteiger partial charge in [0.05, 0.1) is 26.2 Å². The summed E-state index contributed by atoms with van der Waals surface area (Å²) in [7, 11) is 1.40. The van der Waals surface area contributed by atoms with Crippen molar-refractivity contribution in [1.82, 2.24) is 4.90 Å². The highest BCUT2D eigenvalue weighted by Crippen LogP contribution is 2.43. The fraction of sp³-hybridized carbons (Fsp3) is 0.857. The molecule has 0 bridgehead atoms. The Morgan fingerprint density at radius 3 is 2.90 bits per heavy atom. The number of hydrogen-bond acceptors (Lipinski definition) is 6. The third-order valence-corrected chi connectivity index (χ3v) is 4.65. The van der Waals surface area contributed by atoms with Crippen LogP contribution in [0.5, 0.6) is 0 Å². The number of methoxy groups -OCH3 is 1. The molecule has 2 atom stereocenters. The maximum absolute atomic E-state index is 11.9. The van der Waals surface area contributed by atoms with E-state index in [0.717, 1.165) is 38.8 Å². The lowest BCUT2D eigenvalue weighted by Gasteiger charge is -2.43. The SMILES string of the molecule is COC(=O)C1=NO[C@@]2(N3CCOCC3)CCCCC[C@@H]12. The zero-order valence-electron chi connectivity index (χ0n) is 12.0. The Labute approximate surface area is 119 Å². The van der Waals surface area contributed by atoms with E-state index in [1.807, 2.05) is 0 Å². The predicted octanol–water partition coefficient (Wildman–Crippen LogP) is 1.15. The summed E-state index contributed by atoms with van der Waals surface area (Å²) < 4.78 is 10.3. The van der Waals surface area contributed by atoms with Crippen LogP contribution in [0.15, 0.2) is 5.16 Å². The van der Waals surface area contributed by atoms with Crippen LogP contribution in [0.3, 0.4) is 0 Å². The predicted molar refractivity (Wildman–Crippen MR) is 72.2 cm³/mol. The zero-order chi connectivity index (χ0) is 14.0. The van der Waals surface area contributed by atoms with Crippen molar-refractivity contribution in [2.24, 2.45) is 11.1 Å². The Balaban J connectivity index is 1.88. The molecule has 0 aromatic rings. The van der Waals surface area contributed by atoms with Crippen molar-refractivity contribution in [3.05, 3.63) is 0 Å². The Bertz CT molecular complexity index is 406. The summed E-state index contributed by atoms with van der Waals surface area (Å²) in [5, 5.41) is 4.10. The highest BCUT2D eigenvalue weighted by Gasteiger charge is 2.55. The van der Waals surface area contributed by atoms with Crippen LogP contribution in [0.4, 0.5) is 0 Å². The summed E-state index contributed by atoms with van der Waals surface area (Å²) in [5.74, 6) is -0.331. The van der Waals surface area contributed by atoms with Gasteiger partial charge in [-0.2, -0.15) is 0 Å². The van der Waals surface area contributed by atoms with Crippen LogP contribution < -0.4 is 0 Å². The van der Waals surface area contributed by atoms with Gasteiger partial charge in [0.1, 0.15) is 0 Å². The van der Waals surface area contributed by atoms with E-state index in [1.54, 1.807) is 0 Å². The first-order valence-electron chi connectivity index (χ1n) is 7.45. The van der Waals surface area contributed by atoms with E-state index >= 15 is 0 Å². The minimum Gasteiger partial charge on any atom is -0.464 e. The molecule has 3 rings (SSSR count). The molecule has 0 spiro atoms. The Morgan fingerprint density at radius 1 is 1.35 bits per heavy atom. The zero-order valence-corrected chi connectivity index (χ0v) is 12.0. The van der Waals surface area contributed by atoms with Gasteiger partial charge in [0.15, 0.2) is 11.4 Å². The summed E-state index contributed by atoms with van der Waals surface area (Å²) >= 11 is 0. The summed E-state index contributed by atoms with van der Waals surface area (Å²) in [4.78, 5) is 20.1. The summed E-state index contributed by atoms with van der Waals surface area (Å²) in [6.45, 7) is 3.09. The van der Waals surface area contributed by atoms with Crippen molar-refractivity contribution in [2.45, 2.75) is 37.8 Å². The summed E-state index contributed by atoms with van der Waals surface area (Å²) in [6, 6.07) is 0. The quantitative estimate of drug-likeness (QED) is 0.711. The van der Waals surface area contributed by atoms with Gasteiger partial charge in [-0.05, 0) is 12.8 Å². The molecule has 1 aliphatic carbocycles. The third-order valence-electron chi connectivity index (χ3n) is 4.65. The molecule has 2 fully saturated rings. The number of ether oxygens (including phenoxy) is 2. The van der Waals surface area contributed by atoms with Crippen LogP contribution in [0, 0.1) is 5.92 Å². The number of fused-ring (bicyclic) bond motifs is 1. The number of nitrogens with zero attached hydrogens (tertiary/aromatic N) is 2. The second-order valence-electron chi connectivity index (χ2n) is 5.66. The second-order valence-corrected chi connectivity index (χ2v) is 5.66. The molecule has 3 aliphatic rings. The lowest BCUT2D eigenvalue weighted by atomic mass is 9.85. The number of oxime groups is 1. The van der Waals surface area contributed by atoms with Gasteiger partial charge < -0.3 is 14.3 Å². The maximum Gasteiger partial charge on any atom is 0.356 e. The van der Waals surface area contributed by atoms with Gasteiger partial charge in [-0.15, -0.1) is 0 Å². The van der Waals surface area contributed by atoms with E-state index in [-0.39, 0.29) is 11.9 Å². The van der Waals surface area contributed by atoms with E-state index < -0.39 is 5.72 Å². The van der Waals surface area contributed by atoms with Crippen LogP contribution in [0.25, 0.3) is 0 Å². The van der Waals surface area contributed by atoms with Gasteiger partial charge in [0.2, 0.25) is 0 Å². The van der Waals surface area contributed by atoms with Gasteiger partial charge in [-0.25, -0.2) is 4.79 Å². The normalized spacial score (nSPS) is 34.6. The van der Waals surface area contributed by atoms with E-state index in [4.69, 9.17) is 14.3 Å². The maximum atomic E-state index is 11.9. The Kier molecular flexibility index (Phi) is 3.94. The molecule has 2 heterocycles. The van der Waals surface area contributed by atoms with Crippen molar-refractivity contribution >= 4 is 11.7 Å². The summed E-state index contributed by atoms with van der Waals surface area (Å²) in [6.07, 6.45) is 5.25. The average Bonchev–Trinajstić information content (AvgIpc) is 2.74. The van der Waals surface area contributed by atoms with Crippen molar-refractivity contribution in [3.8, 4) is 0 Å². The largest absolute Gasteiger partial charge is 0.464 e. The van der Waals surface area contributed by atoms with E-state index in [1.165, 1.54) is 13.5 Å². The molecule has 0 N–H and O–H groups in total. The van der Waals surface area contributed by atoms with Crippen LogP contribution in [-0.4, -0.2) is 55.7 Å². The van der Waals surface area contributed by atoms with Crippen molar-refractivity contribution in [3.63, 3.8) is 0 Å². The van der Waals surface area contributed by atoms with Crippen LogP contribution in [-0.2, 0) is 19.1 Å². The molecular formula is C14H22N2O4. The van der Waals surface area contributed by atoms with Gasteiger partial charge in [-0.1, -0.05) is 18.0 Å². The number of carbonyl (C=O) groups is 1. The van der Waals surface area contributed by atoms with Crippen molar-refractivity contribution in [2.75, 3.05) is 33.4 Å². The van der Waals surface area contributed by atoms with Crippen molar-refractivity contribution in [1.29, 1.82) is 0 Å². The fourth-order valence-corrected chi connectivity index (χ4v) is 3.62. The van der Waals surface area contributed by atoms with Crippen LogP contribution in [0.1, 0.15) is 32.1 Å². The lowest BCUT2D eigenvalue weighted by molar-refractivity contribution is -0.185. The number of rotatable bonds is 2. The first-order valence-corrected chi connectivity index (χ1v) is 7.45. The molecule has 0 radical (unpaired) electrons. The Morgan fingerprint density at radius 2 is 2.15 bits per heavy atom. The average molecular weight is 282 g/mol. The third kappa shape index (κ3) is 2.20. The van der Waals surface area contributed by atoms with Crippen molar-refractivity contribution < 1.29 is 19.1 Å². The molecule has 0 unspecified atom stereocenters. The molecular weight excluding hydrogens is 260 g/mol. The second kappa shape index (κ2) is 5.69. The number of esters is 1. The number of morpholine rings is 1. The molecule has 0 aromatic heterocycles. The van der Waals surface area contributed by atoms with Gasteiger partial charge in [-0.3, -0.25) is 4.90 Å². The molecule has 6 heteroatoms. The van der Waals surface area contributed by atoms with Gasteiger partial charge in [0, 0.05) is 19.5 Å². The molecule has 2 aliphatic heterocycles. The molecule has 1 saturated heterocycles. The van der Waals surface area contributed by atoms with Crippen LogP contribution >= 0.6 is 0 Å². The lowest BCUT2D eigenvalue weighted by Crippen LogP contribution is -2.58. The summed E-state index contributed by atoms with van der Waals surface area (Å²) in [5.41, 5.74) is 0.00460. The minimum atomic E-state index is -0.455. The molecule has 0 aromatic carbocycles. The molecule has 112 valence electrons. The van der Waals surface area contributed by atoms with E-state index in [2.05, 4.69) is 10.1 Å². The highest BCUT2D eigenvalue weighted by molar-refractivity contribution is 6.37. The van der Waals surface area contributed by atoms with Gasteiger partial charge in [0.25, 0.3) is 0 Å². The Hall–Kier alpha value is -1.14. The molecule has 0 amide bonds. The topological polar surface area (TPSA) is 60.4 Å². The van der Waals surface area contributed by atoms with E-state index in [0.29, 0.717) is 18.9 Å². The molecule has 1 saturated carbocycles. The van der Waals surface area contributed by atoms with E-state index in [9.17, 15) is 4.79 Å². The molecule has 20 heavy (non-hydrogen) atoms. The smallest absolute Gasteiger partial charge is 0.356 e. The van der Waals surface area contributed by atoms with Gasteiger partial charge >= 0.3 is 5.97 Å². The first-order chi connectivity index (χ1) is 9.78. The monoisotopic (exact) mass is 282 g/mol. The first kappa shape index (κ1) is 13.8.